The molecule has 24 heavy (non-hydrogen) atoms. The molecule has 5 heteroatoms. The van der Waals surface area contributed by atoms with Crippen molar-refractivity contribution in [2.75, 3.05) is 12.4 Å². The van der Waals surface area contributed by atoms with Gasteiger partial charge in [-0.2, -0.15) is 5.10 Å². The van der Waals surface area contributed by atoms with Crippen molar-refractivity contribution >= 4 is 22.4 Å². The fourth-order valence-corrected chi connectivity index (χ4v) is 4.61. The highest BCUT2D eigenvalue weighted by Gasteiger charge is 2.38. The summed E-state index contributed by atoms with van der Waals surface area (Å²) in [7, 11) is 2.29. The second-order valence-corrected chi connectivity index (χ2v) is 7.40. The number of piperidine rings is 1. The van der Waals surface area contributed by atoms with Crippen LogP contribution in [0.5, 0.6) is 0 Å². The Bertz CT molecular complexity index is 901. The Balaban J connectivity index is 1.56. The molecule has 0 radical (unpaired) electrons. The fourth-order valence-electron chi connectivity index (χ4n) is 4.61. The zero-order valence-corrected chi connectivity index (χ0v) is 14.2. The number of nitrogens with zero attached hydrogens (tertiary/aromatic N) is 4. The van der Waals surface area contributed by atoms with Gasteiger partial charge in [0.05, 0.1) is 11.2 Å². The van der Waals surface area contributed by atoms with Crippen LogP contribution in [0.15, 0.2) is 30.3 Å². The Hall–Kier alpha value is -2.14. The third kappa shape index (κ3) is 2.11. The first-order valence-corrected chi connectivity index (χ1v) is 8.92. The Labute approximate surface area is 141 Å². The molecule has 0 saturated carbocycles. The fraction of sp³-hybridized carbons (Fsp3) is 0.474. The zero-order valence-electron chi connectivity index (χ0n) is 14.2. The molecular weight excluding hydrogens is 298 g/mol. The molecule has 2 bridgehead atoms. The molecule has 2 aliphatic rings. The van der Waals surface area contributed by atoms with Gasteiger partial charge in [-0.1, -0.05) is 12.1 Å². The standard InChI is InChI=1S/C19H23N5/c1-12-9-18-21-19(16-5-3-4-6-17(16)24(18)22-12)20-13-10-14-7-8-15(11-13)23(14)2/h3-6,9,13-15H,7-8,10-11H2,1-2H3,(H,20,21)/t13?,14-,15+. The second kappa shape index (κ2) is 5.18. The first-order chi connectivity index (χ1) is 11.7. The molecule has 2 saturated heterocycles. The molecule has 1 aromatic carbocycles. The number of benzene rings is 1. The topological polar surface area (TPSA) is 45.5 Å². The van der Waals surface area contributed by atoms with Crippen molar-refractivity contribution in [1.82, 2.24) is 19.5 Å². The van der Waals surface area contributed by atoms with Crippen LogP contribution in [0.1, 0.15) is 31.4 Å². The summed E-state index contributed by atoms with van der Waals surface area (Å²) in [5.74, 6) is 1.01. The van der Waals surface area contributed by atoms with Crippen LogP contribution in [-0.2, 0) is 0 Å². The van der Waals surface area contributed by atoms with E-state index in [0.717, 1.165) is 40.1 Å². The number of anilines is 1. The highest BCUT2D eigenvalue weighted by molar-refractivity contribution is 5.91. The van der Waals surface area contributed by atoms with Gasteiger partial charge in [0.25, 0.3) is 0 Å². The van der Waals surface area contributed by atoms with E-state index >= 15 is 0 Å². The summed E-state index contributed by atoms with van der Waals surface area (Å²) in [6.07, 6.45) is 5.11. The zero-order chi connectivity index (χ0) is 16.3. The van der Waals surface area contributed by atoms with E-state index in [4.69, 9.17) is 4.98 Å². The Morgan fingerprint density at radius 2 is 1.88 bits per heavy atom. The molecule has 0 amide bonds. The van der Waals surface area contributed by atoms with E-state index in [2.05, 4.69) is 52.7 Å². The highest BCUT2D eigenvalue weighted by atomic mass is 15.3. The van der Waals surface area contributed by atoms with Crippen LogP contribution in [0.2, 0.25) is 0 Å². The van der Waals surface area contributed by atoms with E-state index in [1.165, 1.54) is 25.7 Å². The van der Waals surface area contributed by atoms with E-state index in [1.54, 1.807) is 0 Å². The molecule has 2 fully saturated rings. The summed E-state index contributed by atoms with van der Waals surface area (Å²) in [6, 6.07) is 12.4. The minimum Gasteiger partial charge on any atom is -0.367 e. The largest absolute Gasteiger partial charge is 0.367 e. The number of hydrogen-bond acceptors (Lipinski definition) is 4. The third-order valence-corrected chi connectivity index (χ3v) is 5.87. The number of fused-ring (bicyclic) bond motifs is 5. The number of aromatic nitrogens is 3. The highest BCUT2D eigenvalue weighted by Crippen LogP contribution is 2.36. The smallest absolute Gasteiger partial charge is 0.158 e. The molecule has 3 atom stereocenters. The van der Waals surface area contributed by atoms with E-state index < -0.39 is 0 Å². The van der Waals surface area contributed by atoms with Crippen LogP contribution in [-0.4, -0.2) is 44.7 Å². The van der Waals surface area contributed by atoms with Crippen LogP contribution in [0.25, 0.3) is 16.6 Å². The van der Waals surface area contributed by atoms with Crippen molar-refractivity contribution in [2.45, 2.75) is 50.7 Å². The second-order valence-electron chi connectivity index (χ2n) is 7.40. The lowest BCUT2D eigenvalue weighted by atomic mass is 9.98. The third-order valence-electron chi connectivity index (χ3n) is 5.87. The molecule has 1 N–H and O–H groups in total. The van der Waals surface area contributed by atoms with E-state index in [1.807, 2.05) is 11.4 Å². The minimum absolute atomic E-state index is 0.515. The van der Waals surface area contributed by atoms with Crippen molar-refractivity contribution in [1.29, 1.82) is 0 Å². The Morgan fingerprint density at radius 3 is 2.67 bits per heavy atom. The van der Waals surface area contributed by atoms with Crippen LogP contribution in [0.3, 0.4) is 0 Å². The summed E-state index contributed by atoms with van der Waals surface area (Å²) in [5.41, 5.74) is 3.04. The molecular formula is C19H23N5. The number of hydrogen-bond donors (Lipinski definition) is 1. The normalized spacial score (nSPS) is 27.2. The predicted molar refractivity (Wildman–Crippen MR) is 96.4 cm³/mol. The molecule has 0 spiro atoms. The monoisotopic (exact) mass is 321 g/mol. The summed E-state index contributed by atoms with van der Waals surface area (Å²) in [5, 5.41) is 9.51. The molecule has 4 heterocycles. The van der Waals surface area contributed by atoms with Gasteiger partial charge in [0.15, 0.2) is 5.65 Å². The minimum atomic E-state index is 0.515. The first kappa shape index (κ1) is 14.2. The molecule has 124 valence electrons. The quantitative estimate of drug-likeness (QED) is 0.787. The van der Waals surface area contributed by atoms with Crippen molar-refractivity contribution in [2.24, 2.45) is 0 Å². The maximum atomic E-state index is 4.88. The number of rotatable bonds is 2. The first-order valence-electron chi connectivity index (χ1n) is 8.92. The molecule has 5 rings (SSSR count). The average molecular weight is 321 g/mol. The lowest BCUT2D eigenvalue weighted by Crippen LogP contribution is -2.44. The maximum Gasteiger partial charge on any atom is 0.158 e. The number of para-hydroxylation sites is 1. The molecule has 3 aromatic rings. The maximum absolute atomic E-state index is 4.88. The molecule has 2 aliphatic heterocycles. The van der Waals surface area contributed by atoms with E-state index in [9.17, 15) is 0 Å². The van der Waals surface area contributed by atoms with E-state index in [0.29, 0.717) is 6.04 Å². The lowest BCUT2D eigenvalue weighted by Gasteiger charge is -2.37. The molecule has 1 unspecified atom stereocenters. The van der Waals surface area contributed by atoms with Gasteiger partial charge >= 0.3 is 0 Å². The van der Waals surface area contributed by atoms with Crippen LogP contribution in [0.4, 0.5) is 5.82 Å². The van der Waals surface area contributed by atoms with E-state index in [-0.39, 0.29) is 0 Å². The SMILES string of the molecule is Cc1cc2nc(NC3C[C@H]4CC[C@@H](C3)N4C)c3ccccc3n2n1. The molecule has 2 aromatic heterocycles. The van der Waals surface area contributed by atoms with Crippen molar-refractivity contribution < 1.29 is 0 Å². The Morgan fingerprint density at radius 1 is 1.12 bits per heavy atom. The van der Waals surface area contributed by atoms with Crippen molar-refractivity contribution in [3.8, 4) is 0 Å². The van der Waals surface area contributed by atoms with Gasteiger partial charge in [0.2, 0.25) is 0 Å². The van der Waals surface area contributed by atoms with Crippen molar-refractivity contribution in [3.05, 3.63) is 36.0 Å². The van der Waals surface area contributed by atoms with Gasteiger partial charge in [0.1, 0.15) is 5.82 Å². The van der Waals surface area contributed by atoms with Gasteiger partial charge < -0.3 is 10.2 Å². The average Bonchev–Trinajstić information content (AvgIpc) is 3.03. The van der Waals surface area contributed by atoms with Gasteiger partial charge in [-0.05, 0) is 51.8 Å². The summed E-state index contributed by atoms with van der Waals surface area (Å²) >= 11 is 0. The summed E-state index contributed by atoms with van der Waals surface area (Å²) < 4.78 is 1.95. The van der Waals surface area contributed by atoms with Gasteiger partial charge in [-0.25, -0.2) is 9.50 Å². The number of aryl methyl sites for hydroxylation is 1. The lowest BCUT2D eigenvalue weighted by molar-refractivity contribution is 0.169. The summed E-state index contributed by atoms with van der Waals surface area (Å²) in [4.78, 5) is 7.46. The van der Waals surface area contributed by atoms with Crippen LogP contribution >= 0.6 is 0 Å². The van der Waals surface area contributed by atoms with Crippen molar-refractivity contribution in [3.63, 3.8) is 0 Å². The van der Waals surface area contributed by atoms with Gasteiger partial charge in [-0.15, -0.1) is 0 Å². The summed E-state index contributed by atoms with van der Waals surface area (Å²) in [6.45, 7) is 2.02. The molecule has 5 nitrogen and oxygen atoms in total. The van der Waals surface area contributed by atoms with Gasteiger partial charge in [0, 0.05) is 29.6 Å². The predicted octanol–water partition coefficient (Wildman–Crippen LogP) is 3.23. The van der Waals surface area contributed by atoms with Gasteiger partial charge in [-0.3, -0.25) is 0 Å². The molecule has 0 aliphatic carbocycles. The van der Waals surface area contributed by atoms with Crippen LogP contribution < -0.4 is 5.32 Å². The van der Waals surface area contributed by atoms with Crippen LogP contribution in [0, 0.1) is 6.92 Å². The Kier molecular flexibility index (Phi) is 3.07. The number of nitrogens with one attached hydrogen (secondary N) is 1.